The summed E-state index contributed by atoms with van der Waals surface area (Å²) in [4.78, 5) is 62.1. The van der Waals surface area contributed by atoms with Crippen molar-refractivity contribution in [2.45, 2.75) is 24.2 Å². The van der Waals surface area contributed by atoms with Gasteiger partial charge in [0.15, 0.2) is 0 Å². The first kappa shape index (κ1) is 38.5. The highest BCUT2D eigenvalue weighted by Gasteiger charge is 2.70. The van der Waals surface area contributed by atoms with Crippen LogP contribution in [0.15, 0.2) is 131 Å². The van der Waals surface area contributed by atoms with Gasteiger partial charge in [0.25, 0.3) is 0 Å². The minimum atomic E-state index is -1.50. The number of anilines is 2. The van der Waals surface area contributed by atoms with Gasteiger partial charge in [-0.3, -0.25) is 24.1 Å². The molecule has 5 aromatic carbocycles. The Bertz CT molecular complexity index is 2610. The minimum Gasteiger partial charge on any atom is -0.508 e. The van der Waals surface area contributed by atoms with E-state index in [1.54, 1.807) is 68.8 Å². The lowest BCUT2D eigenvalue weighted by molar-refractivity contribution is -0.127. The standard InChI is InChI=1S/C48H38BrClN2O7/c1-58-34-18-22-41(59-2)28(23-34)14-11-27-12-16-32(17-13-27)51-44(54)36-20-19-35-37(42(36)46(51)56)26-39-45(55)52(33-10-6-9-31(50)25-33)47(57)48(39,29-7-4-3-5-8-29)43(35)38-24-30(49)15-21-40(38)53/h3-19,21-25,36-37,39,42-43,53H,20,26H2,1-2H3. The van der Waals surface area contributed by atoms with Gasteiger partial charge in [-0.15, -0.1) is 0 Å². The molecule has 5 aromatic rings. The fraction of sp³-hybridized carbons (Fsp3) is 0.208. The van der Waals surface area contributed by atoms with E-state index in [0.29, 0.717) is 43.5 Å². The highest BCUT2D eigenvalue weighted by atomic mass is 79.9. The normalized spacial score (nSPS) is 24.9. The number of amides is 4. The lowest BCUT2D eigenvalue weighted by Gasteiger charge is -2.50. The molecule has 3 fully saturated rings. The number of hydrogen-bond donors (Lipinski definition) is 1. The van der Waals surface area contributed by atoms with Crippen molar-refractivity contribution in [3.8, 4) is 17.2 Å². The number of halogens is 2. The Morgan fingerprint density at radius 1 is 0.763 bits per heavy atom. The number of rotatable bonds is 8. The molecule has 6 atom stereocenters. The lowest BCUT2D eigenvalue weighted by Crippen LogP contribution is -2.53. The largest absolute Gasteiger partial charge is 0.508 e. The highest BCUT2D eigenvalue weighted by Crippen LogP contribution is 2.65. The monoisotopic (exact) mass is 868 g/mol. The van der Waals surface area contributed by atoms with Crippen LogP contribution in [0.1, 0.15) is 41.0 Å². The Labute approximate surface area is 354 Å². The summed E-state index contributed by atoms with van der Waals surface area (Å²) in [5.41, 5.74) is 2.76. The van der Waals surface area contributed by atoms with Crippen LogP contribution in [0, 0.1) is 23.7 Å². The molecule has 0 aromatic heterocycles. The Hall–Kier alpha value is -5.97. The van der Waals surface area contributed by atoms with Gasteiger partial charge in [0.2, 0.25) is 23.6 Å². The quantitative estimate of drug-likeness (QED) is 0.0940. The van der Waals surface area contributed by atoms with Crippen molar-refractivity contribution in [1.82, 2.24) is 0 Å². The fourth-order valence-corrected chi connectivity index (χ4v) is 10.6. The maximum atomic E-state index is 15.4. The van der Waals surface area contributed by atoms with Gasteiger partial charge in [-0.25, -0.2) is 4.90 Å². The van der Waals surface area contributed by atoms with Crippen molar-refractivity contribution in [2.24, 2.45) is 23.7 Å². The van der Waals surface area contributed by atoms with E-state index < -0.39 is 46.8 Å². The summed E-state index contributed by atoms with van der Waals surface area (Å²) >= 11 is 10.0. The summed E-state index contributed by atoms with van der Waals surface area (Å²) in [6, 6.07) is 33.7. The molecule has 1 N–H and O–H groups in total. The first-order chi connectivity index (χ1) is 28.6. The van der Waals surface area contributed by atoms with E-state index in [-0.39, 0.29) is 30.4 Å². The highest BCUT2D eigenvalue weighted by molar-refractivity contribution is 9.10. The van der Waals surface area contributed by atoms with Crippen LogP contribution in [-0.2, 0) is 24.6 Å². The molecule has 0 spiro atoms. The van der Waals surface area contributed by atoms with Crippen LogP contribution < -0.4 is 19.3 Å². The molecule has 4 aliphatic rings. The second-order valence-corrected chi connectivity index (χ2v) is 16.7. The summed E-state index contributed by atoms with van der Waals surface area (Å²) in [6.45, 7) is 0. The van der Waals surface area contributed by atoms with Gasteiger partial charge in [0, 0.05) is 26.5 Å². The van der Waals surface area contributed by atoms with Gasteiger partial charge < -0.3 is 14.6 Å². The summed E-state index contributed by atoms with van der Waals surface area (Å²) in [5.74, 6) is -4.07. The zero-order chi connectivity index (χ0) is 41.2. The Morgan fingerprint density at radius 2 is 1.54 bits per heavy atom. The third-order valence-corrected chi connectivity index (χ3v) is 13.2. The third-order valence-electron chi connectivity index (χ3n) is 12.5. The van der Waals surface area contributed by atoms with Crippen LogP contribution in [0.25, 0.3) is 12.2 Å². The van der Waals surface area contributed by atoms with Crippen molar-refractivity contribution in [1.29, 1.82) is 0 Å². The number of carbonyl (C=O) groups is 4. The number of hydrogen-bond acceptors (Lipinski definition) is 7. The smallest absolute Gasteiger partial charge is 0.246 e. The fourth-order valence-electron chi connectivity index (χ4n) is 9.99. The van der Waals surface area contributed by atoms with Gasteiger partial charge >= 0.3 is 0 Å². The molecule has 1 saturated carbocycles. The number of imide groups is 2. The van der Waals surface area contributed by atoms with Crippen molar-refractivity contribution in [3.05, 3.63) is 159 Å². The molecule has 9 rings (SSSR count). The number of aromatic hydroxyl groups is 1. The number of fused-ring (bicyclic) bond motifs is 4. The third kappa shape index (κ3) is 6.11. The average Bonchev–Trinajstić information content (AvgIpc) is 3.64. The molecule has 9 nitrogen and oxygen atoms in total. The first-order valence-corrected chi connectivity index (χ1v) is 20.5. The van der Waals surface area contributed by atoms with E-state index in [2.05, 4.69) is 15.9 Å². The predicted octanol–water partition coefficient (Wildman–Crippen LogP) is 9.36. The van der Waals surface area contributed by atoms with Crippen LogP contribution in [0.3, 0.4) is 0 Å². The molecule has 2 heterocycles. The zero-order valence-electron chi connectivity index (χ0n) is 32.0. The predicted molar refractivity (Wildman–Crippen MR) is 229 cm³/mol. The SMILES string of the molecule is COc1ccc(OC)c(C=Cc2ccc(N3C(=O)C4CC=C5C(CC6C(=O)N(c7cccc(Cl)c7)C(=O)C6(c6ccccc6)C5c5cc(Br)ccc5O)C4C3=O)cc2)c1. The second kappa shape index (κ2) is 15.0. The Balaban J connectivity index is 1.12. The van der Waals surface area contributed by atoms with Crippen LogP contribution in [0.5, 0.6) is 17.2 Å². The number of benzene rings is 5. The molecule has 0 radical (unpaired) electrons. The van der Waals surface area contributed by atoms with E-state index in [0.717, 1.165) is 16.7 Å². The van der Waals surface area contributed by atoms with Crippen LogP contribution >= 0.6 is 27.5 Å². The van der Waals surface area contributed by atoms with Gasteiger partial charge in [0.1, 0.15) is 17.2 Å². The Morgan fingerprint density at radius 3 is 2.27 bits per heavy atom. The molecule has 4 amide bonds. The molecule has 0 bridgehead atoms. The van der Waals surface area contributed by atoms with Crippen molar-refractivity contribution in [3.63, 3.8) is 0 Å². The summed E-state index contributed by atoms with van der Waals surface area (Å²) in [6.07, 6.45) is 6.19. The molecular formula is C48H38BrClN2O7. The van der Waals surface area contributed by atoms with Crippen LogP contribution in [0.2, 0.25) is 5.02 Å². The molecular weight excluding hydrogens is 832 g/mol. The van der Waals surface area contributed by atoms with Crippen molar-refractivity contribution in [2.75, 3.05) is 24.0 Å². The van der Waals surface area contributed by atoms with Gasteiger partial charge in [-0.1, -0.05) is 99.9 Å². The first-order valence-electron chi connectivity index (χ1n) is 19.3. The number of nitrogens with zero attached hydrogens (tertiary/aromatic N) is 2. The number of carbonyl (C=O) groups excluding carboxylic acids is 4. The second-order valence-electron chi connectivity index (χ2n) is 15.3. The van der Waals surface area contributed by atoms with Crippen molar-refractivity contribution < 1.29 is 33.8 Å². The molecule has 2 aliphatic carbocycles. The maximum absolute atomic E-state index is 15.4. The van der Waals surface area contributed by atoms with E-state index >= 15 is 9.59 Å². The van der Waals surface area contributed by atoms with E-state index in [9.17, 15) is 14.7 Å². The summed E-state index contributed by atoms with van der Waals surface area (Å²) in [7, 11) is 3.21. The number of allylic oxidation sites excluding steroid dienone is 2. The molecule has 59 heavy (non-hydrogen) atoms. The topological polar surface area (TPSA) is 113 Å². The number of phenolic OH excluding ortho intramolecular Hbond substituents is 1. The summed E-state index contributed by atoms with van der Waals surface area (Å²) < 4.78 is 11.6. The molecule has 11 heteroatoms. The van der Waals surface area contributed by atoms with E-state index in [1.165, 1.54) is 9.80 Å². The van der Waals surface area contributed by atoms with E-state index in [1.807, 2.05) is 78.9 Å². The van der Waals surface area contributed by atoms with Crippen LogP contribution in [-0.4, -0.2) is 43.0 Å². The number of ether oxygens (including phenoxy) is 2. The molecule has 296 valence electrons. The maximum Gasteiger partial charge on any atom is 0.246 e. The summed E-state index contributed by atoms with van der Waals surface area (Å²) in [5, 5.41) is 12.0. The van der Waals surface area contributed by atoms with E-state index in [4.69, 9.17) is 21.1 Å². The van der Waals surface area contributed by atoms with Gasteiger partial charge in [0.05, 0.1) is 48.8 Å². The average molecular weight is 870 g/mol. The van der Waals surface area contributed by atoms with Crippen LogP contribution in [0.4, 0.5) is 11.4 Å². The zero-order valence-corrected chi connectivity index (χ0v) is 34.4. The lowest BCUT2D eigenvalue weighted by atomic mass is 9.49. The van der Waals surface area contributed by atoms with Crippen molar-refractivity contribution >= 4 is 74.7 Å². The van der Waals surface area contributed by atoms with Gasteiger partial charge in [-0.2, -0.15) is 0 Å². The molecule has 6 unspecified atom stereocenters. The Kier molecular flexibility index (Phi) is 9.80. The number of phenols is 1. The number of methoxy groups -OCH3 is 2. The molecule has 2 saturated heterocycles. The minimum absolute atomic E-state index is 0.0492. The van der Waals surface area contributed by atoms with Gasteiger partial charge in [-0.05, 0) is 96.6 Å². The molecule has 2 aliphatic heterocycles.